The quantitative estimate of drug-likeness (QED) is 0.654. The minimum Gasteiger partial charge on any atom is -0.480 e. The zero-order valence-electron chi connectivity index (χ0n) is 8.49. The topological polar surface area (TPSA) is 69.6 Å². The van der Waals surface area contributed by atoms with Crippen LogP contribution in [0.4, 0.5) is 0 Å². The van der Waals surface area contributed by atoms with Gasteiger partial charge in [-0.2, -0.15) is 0 Å². The van der Waals surface area contributed by atoms with Gasteiger partial charge < -0.3 is 10.4 Å². The summed E-state index contributed by atoms with van der Waals surface area (Å²) in [7, 11) is 0. The molecule has 14 heavy (non-hydrogen) atoms. The lowest BCUT2D eigenvalue weighted by Gasteiger charge is -2.34. The summed E-state index contributed by atoms with van der Waals surface area (Å²) in [5.41, 5.74) is 0. The number of carbonyl (C=O) groups is 2. The molecule has 0 bridgehead atoms. The van der Waals surface area contributed by atoms with Crippen LogP contribution < -0.4 is 5.32 Å². The summed E-state index contributed by atoms with van der Waals surface area (Å²) in [5, 5.41) is 11.7. The normalized spacial score (nSPS) is 25.6. The molecule has 0 saturated carbocycles. The number of hydrogen-bond donors (Lipinski definition) is 2. The fourth-order valence-electron chi connectivity index (χ4n) is 1.79. The van der Waals surface area contributed by atoms with E-state index in [0.29, 0.717) is 13.0 Å². The van der Waals surface area contributed by atoms with Gasteiger partial charge in [0, 0.05) is 12.6 Å². The molecule has 2 atom stereocenters. The second-order valence-corrected chi connectivity index (χ2v) is 3.66. The van der Waals surface area contributed by atoms with Crippen LogP contribution in [-0.4, -0.2) is 47.1 Å². The molecule has 1 fully saturated rings. The van der Waals surface area contributed by atoms with E-state index in [9.17, 15) is 9.59 Å². The molecule has 2 unspecified atom stereocenters. The Morgan fingerprint density at radius 3 is 2.86 bits per heavy atom. The first-order valence-corrected chi connectivity index (χ1v) is 4.80. The minimum absolute atomic E-state index is 0.0321. The number of nitrogens with one attached hydrogen (secondary N) is 1. The van der Waals surface area contributed by atoms with Crippen LogP contribution in [0.3, 0.4) is 0 Å². The first-order chi connectivity index (χ1) is 6.54. The number of carbonyl (C=O) groups excluding carboxylic acids is 1. The standard InChI is InChI=1S/C9H16N2O3/c1-3-7(9(13)14)11-4-6(2)10-8(12)5-11/h6-7H,3-5H2,1-2H3,(H,10,12)(H,13,14). The third-order valence-corrected chi connectivity index (χ3v) is 2.37. The van der Waals surface area contributed by atoms with Crippen LogP contribution in [0.5, 0.6) is 0 Å². The molecule has 0 aromatic heterocycles. The van der Waals surface area contributed by atoms with Crippen molar-refractivity contribution in [3.63, 3.8) is 0 Å². The van der Waals surface area contributed by atoms with Crippen molar-refractivity contribution >= 4 is 11.9 Å². The van der Waals surface area contributed by atoms with Gasteiger partial charge in [0.1, 0.15) is 6.04 Å². The Hall–Kier alpha value is -1.10. The van der Waals surface area contributed by atoms with Crippen LogP contribution in [-0.2, 0) is 9.59 Å². The average molecular weight is 200 g/mol. The number of amides is 1. The zero-order chi connectivity index (χ0) is 10.7. The first-order valence-electron chi connectivity index (χ1n) is 4.80. The van der Waals surface area contributed by atoms with Crippen LogP contribution in [0.15, 0.2) is 0 Å². The molecule has 5 nitrogen and oxygen atoms in total. The van der Waals surface area contributed by atoms with Crippen LogP contribution in [0.2, 0.25) is 0 Å². The third-order valence-electron chi connectivity index (χ3n) is 2.37. The average Bonchev–Trinajstić information content (AvgIpc) is 2.02. The van der Waals surface area contributed by atoms with E-state index in [0.717, 1.165) is 0 Å². The van der Waals surface area contributed by atoms with E-state index >= 15 is 0 Å². The number of carboxylic acid groups (broad SMARTS) is 1. The zero-order valence-corrected chi connectivity index (χ0v) is 8.49. The number of rotatable bonds is 3. The number of nitrogens with zero attached hydrogens (tertiary/aromatic N) is 1. The van der Waals surface area contributed by atoms with Gasteiger partial charge >= 0.3 is 5.97 Å². The van der Waals surface area contributed by atoms with E-state index in [4.69, 9.17) is 5.11 Å². The van der Waals surface area contributed by atoms with Gasteiger partial charge in [0.2, 0.25) is 5.91 Å². The highest BCUT2D eigenvalue weighted by molar-refractivity contribution is 5.81. The van der Waals surface area contributed by atoms with E-state index in [1.165, 1.54) is 0 Å². The van der Waals surface area contributed by atoms with Crippen molar-refractivity contribution in [1.29, 1.82) is 0 Å². The summed E-state index contributed by atoms with van der Waals surface area (Å²) in [6.07, 6.45) is 0.523. The highest BCUT2D eigenvalue weighted by Crippen LogP contribution is 2.08. The Bertz CT molecular complexity index is 240. The molecule has 1 rings (SSSR count). The van der Waals surface area contributed by atoms with Crippen molar-refractivity contribution in [1.82, 2.24) is 10.2 Å². The molecule has 0 spiro atoms. The monoisotopic (exact) mass is 200 g/mol. The van der Waals surface area contributed by atoms with E-state index in [2.05, 4.69) is 5.32 Å². The highest BCUT2D eigenvalue weighted by Gasteiger charge is 2.30. The van der Waals surface area contributed by atoms with E-state index in [-0.39, 0.29) is 18.5 Å². The van der Waals surface area contributed by atoms with Crippen molar-refractivity contribution in [3.05, 3.63) is 0 Å². The molecular formula is C9H16N2O3. The summed E-state index contributed by atoms with van der Waals surface area (Å²) >= 11 is 0. The Balaban J connectivity index is 2.65. The summed E-state index contributed by atoms with van der Waals surface area (Å²) in [6.45, 7) is 4.49. The fraction of sp³-hybridized carbons (Fsp3) is 0.778. The molecule has 1 heterocycles. The van der Waals surface area contributed by atoms with Crippen molar-refractivity contribution in [2.75, 3.05) is 13.1 Å². The fourth-order valence-corrected chi connectivity index (χ4v) is 1.79. The molecule has 1 amide bonds. The number of aliphatic carboxylic acids is 1. The highest BCUT2D eigenvalue weighted by atomic mass is 16.4. The van der Waals surface area contributed by atoms with Gasteiger partial charge in [-0.1, -0.05) is 6.92 Å². The van der Waals surface area contributed by atoms with Crippen molar-refractivity contribution in [2.24, 2.45) is 0 Å². The second kappa shape index (κ2) is 4.41. The maximum atomic E-state index is 11.2. The van der Waals surface area contributed by atoms with E-state index in [1.807, 2.05) is 13.8 Å². The smallest absolute Gasteiger partial charge is 0.320 e. The predicted octanol–water partition coefficient (Wildman–Crippen LogP) is -0.330. The van der Waals surface area contributed by atoms with E-state index < -0.39 is 12.0 Å². The molecule has 0 radical (unpaired) electrons. The molecule has 0 aliphatic carbocycles. The predicted molar refractivity (Wildman–Crippen MR) is 50.9 cm³/mol. The van der Waals surface area contributed by atoms with E-state index in [1.54, 1.807) is 4.90 Å². The summed E-state index contributed by atoms with van der Waals surface area (Å²) in [5.74, 6) is -0.946. The van der Waals surface area contributed by atoms with Gasteiger partial charge in [0.25, 0.3) is 0 Å². The lowest BCUT2D eigenvalue weighted by molar-refractivity contribution is -0.145. The Morgan fingerprint density at radius 2 is 2.43 bits per heavy atom. The van der Waals surface area contributed by atoms with Gasteiger partial charge in [-0.3, -0.25) is 14.5 Å². The van der Waals surface area contributed by atoms with Crippen LogP contribution in [0.1, 0.15) is 20.3 Å². The molecule has 5 heteroatoms. The van der Waals surface area contributed by atoms with Gasteiger partial charge in [-0.15, -0.1) is 0 Å². The largest absolute Gasteiger partial charge is 0.480 e. The summed E-state index contributed by atoms with van der Waals surface area (Å²) < 4.78 is 0. The molecule has 80 valence electrons. The maximum absolute atomic E-state index is 11.2. The number of hydrogen-bond acceptors (Lipinski definition) is 3. The summed E-state index contributed by atoms with van der Waals surface area (Å²) in [6, 6.07) is -0.506. The van der Waals surface area contributed by atoms with Gasteiger partial charge in [0.15, 0.2) is 0 Å². The van der Waals surface area contributed by atoms with Crippen LogP contribution >= 0.6 is 0 Å². The van der Waals surface area contributed by atoms with Crippen LogP contribution in [0, 0.1) is 0 Å². The number of piperazine rings is 1. The summed E-state index contributed by atoms with van der Waals surface area (Å²) in [4.78, 5) is 23.8. The second-order valence-electron chi connectivity index (χ2n) is 3.66. The Labute approximate surface area is 83.1 Å². The molecule has 2 N–H and O–H groups in total. The Kier molecular flexibility index (Phi) is 3.46. The Morgan fingerprint density at radius 1 is 1.79 bits per heavy atom. The molecule has 0 aromatic rings. The van der Waals surface area contributed by atoms with Crippen molar-refractivity contribution < 1.29 is 14.7 Å². The van der Waals surface area contributed by atoms with Gasteiger partial charge in [0.05, 0.1) is 6.54 Å². The lowest BCUT2D eigenvalue weighted by Crippen LogP contribution is -2.57. The third kappa shape index (κ3) is 2.45. The molecular weight excluding hydrogens is 184 g/mol. The van der Waals surface area contributed by atoms with Crippen molar-refractivity contribution in [2.45, 2.75) is 32.4 Å². The molecule has 1 saturated heterocycles. The minimum atomic E-state index is -0.852. The van der Waals surface area contributed by atoms with Crippen LogP contribution in [0.25, 0.3) is 0 Å². The lowest BCUT2D eigenvalue weighted by atomic mass is 10.1. The molecule has 1 aliphatic heterocycles. The number of carboxylic acids is 1. The molecule has 1 aliphatic rings. The molecule has 0 aromatic carbocycles. The SMILES string of the molecule is CCC(C(=O)O)N1CC(=O)NC(C)C1. The van der Waals surface area contributed by atoms with Gasteiger partial charge in [-0.25, -0.2) is 0 Å². The maximum Gasteiger partial charge on any atom is 0.320 e. The first kappa shape index (κ1) is 11.0. The van der Waals surface area contributed by atoms with Gasteiger partial charge in [-0.05, 0) is 13.3 Å². The van der Waals surface area contributed by atoms with Crippen molar-refractivity contribution in [3.8, 4) is 0 Å².